The molecule has 92 valence electrons. The summed E-state index contributed by atoms with van der Waals surface area (Å²) in [6.07, 6.45) is 1.55. The molecule has 0 saturated heterocycles. The Morgan fingerprint density at radius 2 is 2.00 bits per heavy atom. The second-order valence-electron chi connectivity index (χ2n) is 3.51. The molecule has 1 aromatic heterocycles. The Balaban J connectivity index is 2.25. The number of nitrogens with one attached hydrogen (secondary N) is 1. The second-order valence-corrected chi connectivity index (χ2v) is 3.95. The Morgan fingerprint density at radius 1 is 1.28 bits per heavy atom. The third-order valence-electron chi connectivity index (χ3n) is 2.34. The van der Waals surface area contributed by atoms with Crippen molar-refractivity contribution in [1.82, 2.24) is 10.2 Å². The Kier molecular flexibility index (Phi) is 3.69. The van der Waals surface area contributed by atoms with Gasteiger partial charge in [-0.25, -0.2) is 0 Å². The molecule has 2 rings (SSSR count). The molecule has 18 heavy (non-hydrogen) atoms. The molecule has 1 heterocycles. The average Bonchev–Trinajstić information content (AvgIpc) is 2.40. The third-order valence-corrected chi connectivity index (χ3v) is 2.56. The van der Waals surface area contributed by atoms with E-state index in [2.05, 4.69) is 15.5 Å². The minimum absolute atomic E-state index is 0.279. The first-order valence-corrected chi connectivity index (χ1v) is 5.64. The van der Waals surface area contributed by atoms with Gasteiger partial charge in [0.1, 0.15) is 10.7 Å². The van der Waals surface area contributed by atoms with Gasteiger partial charge in [-0.15, -0.1) is 5.10 Å². The Hall–Kier alpha value is -2.21. The van der Waals surface area contributed by atoms with E-state index in [4.69, 9.17) is 22.7 Å². The lowest BCUT2D eigenvalue weighted by molar-refractivity contribution is 0.415. The highest BCUT2D eigenvalue weighted by molar-refractivity contribution is 7.80. The predicted octanol–water partition coefficient (Wildman–Crippen LogP) is 1.86. The third kappa shape index (κ3) is 2.72. The van der Waals surface area contributed by atoms with Crippen molar-refractivity contribution in [3.63, 3.8) is 0 Å². The van der Waals surface area contributed by atoms with E-state index in [1.54, 1.807) is 19.4 Å². The van der Waals surface area contributed by atoms with Gasteiger partial charge in [-0.2, -0.15) is 5.10 Å². The van der Waals surface area contributed by atoms with Crippen LogP contribution in [0.3, 0.4) is 0 Å². The predicted molar refractivity (Wildman–Crippen MR) is 74.2 cm³/mol. The number of hydrogen-bond donors (Lipinski definition) is 2. The summed E-state index contributed by atoms with van der Waals surface area (Å²) in [6.45, 7) is 0. The molecule has 6 heteroatoms. The molecule has 0 unspecified atom stereocenters. The van der Waals surface area contributed by atoms with Gasteiger partial charge in [0.2, 0.25) is 0 Å². The minimum atomic E-state index is 0.279. The van der Waals surface area contributed by atoms with E-state index in [9.17, 15) is 0 Å². The van der Waals surface area contributed by atoms with E-state index in [-0.39, 0.29) is 4.99 Å². The van der Waals surface area contributed by atoms with Crippen molar-refractivity contribution in [3.05, 3.63) is 42.1 Å². The summed E-state index contributed by atoms with van der Waals surface area (Å²) in [7, 11) is 1.62. The van der Waals surface area contributed by atoms with Crippen molar-refractivity contribution in [1.29, 1.82) is 0 Å². The summed E-state index contributed by atoms with van der Waals surface area (Å²) in [5, 5.41) is 10.9. The van der Waals surface area contributed by atoms with Crippen LogP contribution in [0.2, 0.25) is 0 Å². The summed E-state index contributed by atoms with van der Waals surface area (Å²) in [6, 6.07) is 9.16. The number of hydrogen-bond acceptors (Lipinski definition) is 5. The maximum atomic E-state index is 5.62. The van der Waals surface area contributed by atoms with Crippen molar-refractivity contribution in [2.24, 2.45) is 5.73 Å². The highest BCUT2D eigenvalue weighted by atomic mass is 32.1. The highest BCUT2D eigenvalue weighted by Crippen LogP contribution is 2.20. The van der Waals surface area contributed by atoms with Crippen LogP contribution in [0, 0.1) is 0 Å². The SMILES string of the molecule is COc1ccc(Nc2nnccc2C(N)=S)cc1. The van der Waals surface area contributed by atoms with E-state index >= 15 is 0 Å². The fourth-order valence-electron chi connectivity index (χ4n) is 1.43. The highest BCUT2D eigenvalue weighted by Gasteiger charge is 2.06. The van der Waals surface area contributed by atoms with Gasteiger partial charge in [-0.1, -0.05) is 12.2 Å². The molecular formula is C12H12N4OS. The van der Waals surface area contributed by atoms with Crippen LogP contribution in [0.4, 0.5) is 11.5 Å². The number of methoxy groups -OCH3 is 1. The van der Waals surface area contributed by atoms with Crippen molar-refractivity contribution in [2.75, 3.05) is 12.4 Å². The first kappa shape index (κ1) is 12.3. The van der Waals surface area contributed by atoms with Crippen LogP contribution in [0.5, 0.6) is 5.75 Å². The standard InChI is InChI=1S/C12H12N4OS/c1-17-9-4-2-8(3-5-9)15-12-10(11(13)18)6-7-14-16-12/h2-7H,1H3,(H2,13,18)(H,15,16). The van der Waals surface area contributed by atoms with E-state index in [0.29, 0.717) is 11.4 Å². The smallest absolute Gasteiger partial charge is 0.163 e. The quantitative estimate of drug-likeness (QED) is 0.817. The summed E-state index contributed by atoms with van der Waals surface area (Å²) in [5.74, 6) is 1.32. The van der Waals surface area contributed by atoms with E-state index in [0.717, 1.165) is 11.4 Å². The monoisotopic (exact) mass is 260 g/mol. The second kappa shape index (κ2) is 5.42. The fraction of sp³-hybridized carbons (Fsp3) is 0.0833. The number of thiocarbonyl (C=S) groups is 1. The molecule has 0 saturated carbocycles. The van der Waals surface area contributed by atoms with Crippen LogP contribution in [-0.4, -0.2) is 22.3 Å². The zero-order valence-electron chi connectivity index (χ0n) is 9.75. The summed E-state index contributed by atoms with van der Waals surface area (Å²) >= 11 is 4.96. The van der Waals surface area contributed by atoms with Gasteiger partial charge in [0, 0.05) is 5.69 Å². The van der Waals surface area contributed by atoms with Gasteiger partial charge in [0.05, 0.1) is 18.9 Å². The molecule has 3 N–H and O–H groups in total. The maximum absolute atomic E-state index is 5.62. The van der Waals surface area contributed by atoms with Crippen LogP contribution in [0.1, 0.15) is 5.56 Å². The number of benzene rings is 1. The molecule has 0 bridgehead atoms. The molecule has 2 aromatic rings. The van der Waals surface area contributed by atoms with Gasteiger partial charge >= 0.3 is 0 Å². The Bertz CT molecular complexity index is 556. The molecule has 0 atom stereocenters. The Morgan fingerprint density at radius 3 is 2.61 bits per heavy atom. The van der Waals surface area contributed by atoms with Crippen LogP contribution in [-0.2, 0) is 0 Å². The van der Waals surface area contributed by atoms with Crippen LogP contribution in [0.25, 0.3) is 0 Å². The Labute approximate surface area is 110 Å². The molecule has 0 spiro atoms. The fourth-order valence-corrected chi connectivity index (χ4v) is 1.60. The van der Waals surface area contributed by atoms with Gasteiger partial charge in [0.15, 0.2) is 5.82 Å². The maximum Gasteiger partial charge on any atom is 0.163 e. The van der Waals surface area contributed by atoms with E-state index < -0.39 is 0 Å². The number of rotatable bonds is 4. The van der Waals surface area contributed by atoms with Gasteiger partial charge in [-0.05, 0) is 30.3 Å². The molecule has 0 aliphatic heterocycles. The zero-order chi connectivity index (χ0) is 13.0. The molecular weight excluding hydrogens is 248 g/mol. The lowest BCUT2D eigenvalue weighted by atomic mass is 10.2. The molecule has 0 fully saturated rings. The number of nitrogens with zero attached hydrogens (tertiary/aromatic N) is 2. The van der Waals surface area contributed by atoms with E-state index in [1.165, 1.54) is 0 Å². The number of nitrogens with two attached hydrogens (primary N) is 1. The van der Waals surface area contributed by atoms with Crippen molar-refractivity contribution >= 4 is 28.7 Å². The molecule has 0 aliphatic rings. The summed E-state index contributed by atoms with van der Waals surface area (Å²) in [5.41, 5.74) is 7.14. The topological polar surface area (TPSA) is 73.1 Å². The molecule has 0 aliphatic carbocycles. The van der Waals surface area contributed by atoms with E-state index in [1.807, 2.05) is 24.3 Å². The summed E-state index contributed by atoms with van der Waals surface area (Å²) in [4.78, 5) is 0.279. The number of ether oxygens (including phenoxy) is 1. The number of anilines is 2. The lowest BCUT2D eigenvalue weighted by Crippen LogP contribution is -2.13. The first-order valence-electron chi connectivity index (χ1n) is 5.23. The molecule has 0 amide bonds. The average molecular weight is 260 g/mol. The minimum Gasteiger partial charge on any atom is -0.497 e. The molecule has 0 radical (unpaired) electrons. The lowest BCUT2D eigenvalue weighted by Gasteiger charge is -2.09. The normalized spacial score (nSPS) is 9.83. The van der Waals surface area contributed by atoms with Crippen molar-refractivity contribution < 1.29 is 4.74 Å². The van der Waals surface area contributed by atoms with Crippen LogP contribution < -0.4 is 15.8 Å². The van der Waals surface area contributed by atoms with Gasteiger partial charge in [0.25, 0.3) is 0 Å². The molecule has 5 nitrogen and oxygen atoms in total. The van der Waals surface area contributed by atoms with Crippen molar-refractivity contribution in [3.8, 4) is 5.75 Å². The van der Waals surface area contributed by atoms with Crippen molar-refractivity contribution in [2.45, 2.75) is 0 Å². The first-order chi connectivity index (χ1) is 8.70. The summed E-state index contributed by atoms with van der Waals surface area (Å²) < 4.78 is 5.08. The zero-order valence-corrected chi connectivity index (χ0v) is 10.6. The van der Waals surface area contributed by atoms with Crippen LogP contribution in [0.15, 0.2) is 36.5 Å². The molecule has 1 aromatic carbocycles. The van der Waals surface area contributed by atoms with Gasteiger partial charge < -0.3 is 15.8 Å². The van der Waals surface area contributed by atoms with Gasteiger partial charge in [-0.3, -0.25) is 0 Å². The number of aromatic nitrogens is 2. The van der Waals surface area contributed by atoms with Crippen LogP contribution >= 0.6 is 12.2 Å². The largest absolute Gasteiger partial charge is 0.497 e.